The highest BCUT2D eigenvalue weighted by Crippen LogP contribution is 2.39. The van der Waals surface area contributed by atoms with E-state index >= 15 is 0 Å². The zero-order valence-electron chi connectivity index (χ0n) is 20.5. The van der Waals surface area contributed by atoms with Crippen molar-refractivity contribution in [1.82, 2.24) is 4.90 Å². The van der Waals surface area contributed by atoms with Crippen LogP contribution in [-0.4, -0.2) is 67.4 Å². The molecule has 1 heterocycles. The Labute approximate surface area is 183 Å². The normalized spacial score (nSPS) is 25.0. The van der Waals surface area contributed by atoms with E-state index in [9.17, 15) is 10.0 Å². The first kappa shape index (κ1) is 26.7. The molecule has 9 heteroatoms. The molecular formula is C21H43N3O5Si. The molecule has 1 saturated heterocycles. The summed E-state index contributed by atoms with van der Waals surface area (Å²) >= 11 is 0. The number of ether oxygens (including phenoxy) is 2. The second-order valence-corrected chi connectivity index (χ2v) is 15.5. The molecule has 3 unspecified atom stereocenters. The number of nitrogens with two attached hydrogens (primary N) is 1. The van der Waals surface area contributed by atoms with Gasteiger partial charge in [-0.15, -0.1) is 0 Å². The summed E-state index contributed by atoms with van der Waals surface area (Å²) in [5, 5.41) is 12.7. The second-order valence-electron chi connectivity index (χ2n) is 10.8. The summed E-state index contributed by atoms with van der Waals surface area (Å²) < 4.78 is 18.3. The molecule has 1 rings (SSSR count). The average molecular weight is 446 g/mol. The number of rotatable bonds is 6. The van der Waals surface area contributed by atoms with E-state index in [0.717, 1.165) is 6.42 Å². The first-order chi connectivity index (χ1) is 13.5. The lowest BCUT2D eigenvalue weighted by Crippen LogP contribution is -2.64. The number of carbonyl (C=O) groups is 1. The molecule has 0 bridgehead atoms. The summed E-state index contributed by atoms with van der Waals surface area (Å²) in [5.41, 5.74) is 4.32. The molecule has 0 saturated carbocycles. The summed E-state index contributed by atoms with van der Waals surface area (Å²) in [6.45, 7) is 18.7. The van der Waals surface area contributed by atoms with Crippen molar-refractivity contribution in [2.24, 2.45) is 10.9 Å². The number of amidine groups is 1. The predicted molar refractivity (Wildman–Crippen MR) is 121 cm³/mol. The van der Waals surface area contributed by atoms with Crippen LogP contribution in [0.25, 0.3) is 0 Å². The molecule has 0 spiro atoms. The zero-order chi connectivity index (χ0) is 23.5. The van der Waals surface area contributed by atoms with Gasteiger partial charge in [-0.2, -0.15) is 0 Å². The van der Waals surface area contributed by atoms with E-state index in [4.69, 9.17) is 19.6 Å². The lowest BCUT2D eigenvalue weighted by Gasteiger charge is -2.47. The van der Waals surface area contributed by atoms with Gasteiger partial charge in [-0.3, -0.25) is 4.90 Å². The highest BCUT2D eigenvalue weighted by Gasteiger charge is 2.49. The van der Waals surface area contributed by atoms with Gasteiger partial charge in [-0.25, -0.2) is 4.79 Å². The van der Waals surface area contributed by atoms with Crippen LogP contribution in [0.4, 0.5) is 4.79 Å². The molecule has 0 aromatic heterocycles. The van der Waals surface area contributed by atoms with Gasteiger partial charge in [0.25, 0.3) is 0 Å². The van der Waals surface area contributed by atoms with Gasteiger partial charge in [0.2, 0.25) is 0 Å². The molecule has 0 aromatic carbocycles. The number of carbonyl (C=O) groups excluding carboxylic acids is 1. The molecule has 1 amide bonds. The molecule has 3 atom stereocenters. The molecule has 176 valence electrons. The van der Waals surface area contributed by atoms with Crippen LogP contribution in [0, 0.1) is 0 Å². The first-order valence-electron chi connectivity index (χ1n) is 10.7. The number of hydrogen-bond donors (Lipinski definition) is 2. The fourth-order valence-electron chi connectivity index (χ4n) is 3.29. The molecule has 30 heavy (non-hydrogen) atoms. The van der Waals surface area contributed by atoms with E-state index in [0.29, 0.717) is 12.8 Å². The quantitative estimate of drug-likeness (QED) is 0.207. The van der Waals surface area contributed by atoms with Crippen molar-refractivity contribution in [2.75, 3.05) is 13.7 Å². The minimum Gasteiger partial charge on any atom is -0.444 e. The molecule has 0 aliphatic carbocycles. The van der Waals surface area contributed by atoms with Crippen LogP contribution in [0.3, 0.4) is 0 Å². The maximum absolute atomic E-state index is 12.7. The number of nitrogens with zero attached hydrogens (tertiary/aromatic N) is 2. The Hall–Kier alpha value is -1.32. The molecular weight excluding hydrogens is 402 g/mol. The maximum Gasteiger partial charge on any atom is 0.410 e. The fourth-order valence-corrected chi connectivity index (χ4v) is 4.72. The van der Waals surface area contributed by atoms with Crippen molar-refractivity contribution in [3.8, 4) is 0 Å². The predicted octanol–water partition coefficient (Wildman–Crippen LogP) is 4.32. The summed E-state index contributed by atoms with van der Waals surface area (Å²) in [4.78, 5) is 14.1. The maximum atomic E-state index is 12.7. The Balaban J connectivity index is 3.02. The van der Waals surface area contributed by atoms with Crippen LogP contribution in [0.2, 0.25) is 18.1 Å². The van der Waals surface area contributed by atoms with E-state index in [2.05, 4.69) is 45.9 Å². The topological polar surface area (TPSA) is 107 Å². The van der Waals surface area contributed by atoms with Crippen LogP contribution < -0.4 is 5.73 Å². The highest BCUT2D eigenvalue weighted by molar-refractivity contribution is 6.74. The molecule has 1 fully saturated rings. The Morgan fingerprint density at radius 2 is 1.90 bits per heavy atom. The summed E-state index contributed by atoms with van der Waals surface area (Å²) in [6, 6.07) is 0. The summed E-state index contributed by atoms with van der Waals surface area (Å²) in [7, 11) is -0.360. The molecule has 0 aromatic rings. The fraction of sp³-hybridized carbons (Fsp3) is 0.905. The average Bonchev–Trinajstić information content (AvgIpc) is 2.62. The molecule has 0 radical (unpaired) electrons. The molecule has 1 aliphatic heterocycles. The Kier molecular flexibility index (Phi) is 8.41. The summed E-state index contributed by atoms with van der Waals surface area (Å²) in [5.74, 6) is -0.0623. The van der Waals surface area contributed by atoms with Crippen molar-refractivity contribution >= 4 is 20.2 Å². The van der Waals surface area contributed by atoms with Gasteiger partial charge >= 0.3 is 6.09 Å². The summed E-state index contributed by atoms with van der Waals surface area (Å²) in [6.07, 6.45) is 1.24. The third kappa shape index (κ3) is 6.10. The standard InChI is InChI=1S/C21H43N3O5Si/c1-11-15(29-30(9,10)20(5,6)7)16-12-13-21(14-27-16,17(22)23-26)24(8)18(25)28-19(2,3)4/h15-16,26H,11-14H2,1-10H3,(H2,22,23). The molecule has 1 aliphatic rings. The van der Waals surface area contributed by atoms with E-state index < -0.39 is 25.6 Å². The van der Waals surface area contributed by atoms with Gasteiger partial charge in [0.1, 0.15) is 11.1 Å². The number of amides is 1. The van der Waals surface area contributed by atoms with Gasteiger partial charge in [-0.1, -0.05) is 32.9 Å². The van der Waals surface area contributed by atoms with E-state index in [1.807, 2.05) is 0 Å². The van der Waals surface area contributed by atoms with Crippen molar-refractivity contribution in [2.45, 2.75) is 109 Å². The third-order valence-electron chi connectivity index (χ3n) is 6.34. The van der Waals surface area contributed by atoms with Gasteiger partial charge in [0, 0.05) is 7.05 Å². The minimum absolute atomic E-state index is 0.0389. The van der Waals surface area contributed by atoms with Crippen LogP contribution >= 0.6 is 0 Å². The molecule has 8 nitrogen and oxygen atoms in total. The monoisotopic (exact) mass is 445 g/mol. The van der Waals surface area contributed by atoms with Crippen molar-refractivity contribution in [1.29, 1.82) is 0 Å². The van der Waals surface area contributed by atoms with Crippen LogP contribution in [0.15, 0.2) is 5.16 Å². The SMILES string of the molecule is CCC(O[Si](C)(C)C(C)(C)C)C1CCC(/C(N)=N/O)(N(C)C(=O)OC(C)(C)C)CO1. The van der Waals surface area contributed by atoms with Crippen LogP contribution in [0.5, 0.6) is 0 Å². The van der Waals surface area contributed by atoms with E-state index in [1.165, 1.54) is 4.90 Å². The van der Waals surface area contributed by atoms with Crippen molar-refractivity contribution in [3.05, 3.63) is 0 Å². The van der Waals surface area contributed by atoms with Crippen LogP contribution in [0.1, 0.15) is 67.7 Å². The second kappa shape index (κ2) is 9.44. The largest absolute Gasteiger partial charge is 0.444 e. The Bertz CT molecular complexity index is 617. The number of hydrogen-bond acceptors (Lipinski definition) is 6. The smallest absolute Gasteiger partial charge is 0.410 e. The van der Waals surface area contributed by atoms with E-state index in [1.54, 1.807) is 27.8 Å². The lowest BCUT2D eigenvalue weighted by atomic mass is 9.86. The van der Waals surface area contributed by atoms with Crippen molar-refractivity contribution < 1.29 is 23.9 Å². The van der Waals surface area contributed by atoms with Gasteiger partial charge in [0.05, 0.1) is 18.8 Å². The van der Waals surface area contributed by atoms with Crippen LogP contribution in [-0.2, 0) is 13.9 Å². The Morgan fingerprint density at radius 3 is 2.27 bits per heavy atom. The van der Waals surface area contributed by atoms with Crippen molar-refractivity contribution in [3.63, 3.8) is 0 Å². The Morgan fingerprint density at radius 1 is 1.33 bits per heavy atom. The lowest BCUT2D eigenvalue weighted by molar-refractivity contribution is -0.0994. The zero-order valence-corrected chi connectivity index (χ0v) is 21.5. The van der Waals surface area contributed by atoms with Gasteiger partial charge < -0.3 is 24.8 Å². The number of oxime groups is 1. The highest BCUT2D eigenvalue weighted by atomic mass is 28.4. The number of likely N-dealkylation sites (N-methyl/N-ethyl adjacent to an activating group) is 1. The van der Waals surface area contributed by atoms with Gasteiger partial charge in [-0.05, 0) is 58.2 Å². The first-order valence-corrected chi connectivity index (χ1v) is 13.7. The van der Waals surface area contributed by atoms with E-state index in [-0.39, 0.29) is 29.7 Å². The third-order valence-corrected chi connectivity index (χ3v) is 10.8. The van der Waals surface area contributed by atoms with Gasteiger partial charge in [0.15, 0.2) is 14.2 Å². The minimum atomic E-state index is -1.96. The molecule has 3 N–H and O–H groups in total.